The molecule has 0 radical (unpaired) electrons. The summed E-state index contributed by atoms with van der Waals surface area (Å²) in [6.45, 7) is 6.17. The van der Waals surface area contributed by atoms with E-state index in [-0.39, 0.29) is 0 Å². The van der Waals surface area contributed by atoms with Crippen LogP contribution in [0, 0.1) is 0 Å². The molecule has 1 aliphatic rings. The lowest BCUT2D eigenvalue weighted by Gasteiger charge is -2.33. The Hall–Kier alpha value is -0.670. The Morgan fingerprint density at radius 3 is 2.94 bits per heavy atom. The average molecular weight is 237 g/mol. The third-order valence-corrected chi connectivity index (χ3v) is 4.00. The Bertz CT molecular complexity index is 342. The van der Waals surface area contributed by atoms with Crippen LogP contribution >= 0.6 is 11.8 Å². The van der Waals surface area contributed by atoms with Crippen LogP contribution in [0.2, 0.25) is 0 Å². The fraction of sp³-hybridized carbons (Fsp3) is 0.538. The van der Waals surface area contributed by atoms with Crippen molar-refractivity contribution in [1.29, 1.82) is 0 Å². The van der Waals surface area contributed by atoms with Gasteiger partial charge < -0.3 is 10.1 Å². The van der Waals surface area contributed by atoms with Gasteiger partial charge >= 0.3 is 0 Å². The number of hydrogen-bond acceptors (Lipinski definition) is 3. The number of thioether (sulfide) groups is 1. The van der Waals surface area contributed by atoms with E-state index in [4.69, 9.17) is 4.74 Å². The van der Waals surface area contributed by atoms with Crippen LogP contribution in [0.15, 0.2) is 24.3 Å². The van der Waals surface area contributed by atoms with Crippen molar-refractivity contribution in [3.63, 3.8) is 0 Å². The fourth-order valence-corrected chi connectivity index (χ4v) is 3.18. The van der Waals surface area contributed by atoms with Crippen LogP contribution < -0.4 is 10.1 Å². The highest BCUT2D eigenvalue weighted by molar-refractivity contribution is 7.99. The van der Waals surface area contributed by atoms with Crippen molar-refractivity contribution >= 4 is 11.8 Å². The fourth-order valence-electron chi connectivity index (χ4n) is 2.16. The van der Waals surface area contributed by atoms with Crippen LogP contribution in [-0.2, 0) is 0 Å². The topological polar surface area (TPSA) is 21.3 Å². The van der Waals surface area contributed by atoms with Crippen molar-refractivity contribution < 1.29 is 4.74 Å². The van der Waals surface area contributed by atoms with Gasteiger partial charge in [0.15, 0.2) is 0 Å². The summed E-state index contributed by atoms with van der Waals surface area (Å²) < 4.78 is 5.80. The zero-order valence-corrected chi connectivity index (χ0v) is 10.7. The van der Waals surface area contributed by atoms with E-state index in [1.807, 2.05) is 17.8 Å². The first-order valence-corrected chi connectivity index (χ1v) is 6.98. The van der Waals surface area contributed by atoms with Gasteiger partial charge in [-0.25, -0.2) is 0 Å². The number of rotatable bonds is 4. The molecule has 0 aliphatic carbocycles. The molecule has 1 aromatic rings. The van der Waals surface area contributed by atoms with Crippen molar-refractivity contribution in [2.75, 3.05) is 18.9 Å². The molecule has 2 unspecified atom stereocenters. The van der Waals surface area contributed by atoms with E-state index >= 15 is 0 Å². The lowest BCUT2D eigenvalue weighted by molar-refractivity contribution is 0.262. The van der Waals surface area contributed by atoms with Crippen LogP contribution in [0.5, 0.6) is 5.75 Å². The second-order valence-electron chi connectivity index (χ2n) is 3.88. The van der Waals surface area contributed by atoms with Gasteiger partial charge in [0.05, 0.1) is 11.3 Å². The largest absolute Gasteiger partial charge is 0.492 e. The lowest BCUT2D eigenvalue weighted by atomic mass is 10.0. The zero-order chi connectivity index (χ0) is 11.4. The van der Waals surface area contributed by atoms with Gasteiger partial charge in [0.2, 0.25) is 0 Å². The Morgan fingerprint density at radius 1 is 1.38 bits per heavy atom. The molecule has 16 heavy (non-hydrogen) atoms. The molecule has 3 heteroatoms. The lowest BCUT2D eigenvalue weighted by Crippen LogP contribution is -2.37. The van der Waals surface area contributed by atoms with Crippen LogP contribution in [0.1, 0.15) is 25.5 Å². The summed E-state index contributed by atoms with van der Waals surface area (Å²) >= 11 is 1.98. The Kier molecular flexibility index (Phi) is 4.13. The highest BCUT2D eigenvalue weighted by Gasteiger charge is 2.29. The minimum absolute atomic E-state index is 0.430. The molecule has 1 heterocycles. The smallest absolute Gasteiger partial charge is 0.124 e. The predicted molar refractivity (Wildman–Crippen MR) is 70.3 cm³/mol. The molecule has 0 saturated carbocycles. The van der Waals surface area contributed by atoms with Gasteiger partial charge in [-0.3, -0.25) is 0 Å². The molecular weight excluding hydrogens is 218 g/mol. The molecular formula is C13H19NOS. The minimum atomic E-state index is 0.430. The third kappa shape index (κ3) is 2.36. The molecule has 1 aromatic carbocycles. The monoisotopic (exact) mass is 237 g/mol. The van der Waals surface area contributed by atoms with E-state index in [1.165, 1.54) is 5.56 Å². The van der Waals surface area contributed by atoms with E-state index < -0.39 is 0 Å². The summed E-state index contributed by atoms with van der Waals surface area (Å²) in [5.74, 6) is 2.18. The summed E-state index contributed by atoms with van der Waals surface area (Å²) in [6, 6.07) is 8.79. The van der Waals surface area contributed by atoms with Gasteiger partial charge in [-0.1, -0.05) is 32.0 Å². The highest BCUT2D eigenvalue weighted by atomic mass is 32.2. The first-order valence-electron chi connectivity index (χ1n) is 5.93. The summed E-state index contributed by atoms with van der Waals surface area (Å²) in [7, 11) is 0. The normalized spacial score (nSPS) is 23.6. The number of para-hydroxylation sites is 1. The van der Waals surface area contributed by atoms with Gasteiger partial charge in [-0.15, -0.1) is 0 Å². The molecule has 88 valence electrons. The average Bonchev–Trinajstić information content (AvgIpc) is 2.32. The maximum absolute atomic E-state index is 5.80. The molecule has 0 spiro atoms. The summed E-state index contributed by atoms with van der Waals surface area (Å²) in [5, 5.41) is 4.10. The summed E-state index contributed by atoms with van der Waals surface area (Å²) in [4.78, 5) is 0. The van der Waals surface area contributed by atoms with E-state index in [0.717, 1.165) is 24.7 Å². The minimum Gasteiger partial charge on any atom is -0.492 e. The van der Waals surface area contributed by atoms with E-state index in [1.54, 1.807) is 0 Å². The Morgan fingerprint density at radius 2 is 2.19 bits per heavy atom. The number of hydrogen-bond donors (Lipinski definition) is 1. The zero-order valence-electron chi connectivity index (χ0n) is 9.90. The highest BCUT2D eigenvalue weighted by Crippen LogP contribution is 2.36. The summed E-state index contributed by atoms with van der Waals surface area (Å²) in [5.41, 5.74) is 1.31. The molecule has 2 rings (SSSR count). The van der Waals surface area contributed by atoms with Crippen molar-refractivity contribution in [1.82, 2.24) is 5.32 Å². The number of ether oxygens (including phenoxy) is 1. The van der Waals surface area contributed by atoms with Crippen molar-refractivity contribution in [3.05, 3.63) is 29.8 Å². The molecule has 0 fully saturated rings. The molecule has 2 nitrogen and oxygen atoms in total. The predicted octanol–water partition coefficient (Wildman–Crippen LogP) is 2.85. The first kappa shape index (κ1) is 11.8. The standard InChI is InChI=1S/C13H19NOS/c1-3-14-13-10-7-5-6-8-11(10)15-9-12(13)16-4-2/h5-8,12-14H,3-4,9H2,1-2H3. The van der Waals surface area contributed by atoms with Crippen molar-refractivity contribution in [2.24, 2.45) is 0 Å². The van der Waals surface area contributed by atoms with Gasteiger partial charge in [0.25, 0.3) is 0 Å². The van der Waals surface area contributed by atoms with Crippen molar-refractivity contribution in [3.8, 4) is 5.75 Å². The van der Waals surface area contributed by atoms with Gasteiger partial charge in [-0.05, 0) is 18.4 Å². The summed E-state index contributed by atoms with van der Waals surface area (Å²) in [6.07, 6.45) is 0. The molecule has 1 aliphatic heterocycles. The van der Waals surface area contributed by atoms with E-state index in [2.05, 4.69) is 37.4 Å². The third-order valence-electron chi connectivity index (χ3n) is 2.83. The molecule has 0 bridgehead atoms. The van der Waals surface area contributed by atoms with Crippen LogP contribution in [-0.4, -0.2) is 24.2 Å². The Labute approximate surface area is 102 Å². The molecule has 0 aromatic heterocycles. The SMILES string of the molecule is CCNC1c2ccccc2OCC1SCC. The molecule has 0 amide bonds. The quantitative estimate of drug-likeness (QED) is 0.870. The van der Waals surface area contributed by atoms with Crippen molar-refractivity contribution in [2.45, 2.75) is 25.1 Å². The van der Waals surface area contributed by atoms with Gasteiger partial charge in [0.1, 0.15) is 12.4 Å². The maximum Gasteiger partial charge on any atom is 0.124 e. The maximum atomic E-state index is 5.80. The van der Waals surface area contributed by atoms with Crippen LogP contribution in [0.25, 0.3) is 0 Å². The van der Waals surface area contributed by atoms with Gasteiger partial charge in [-0.2, -0.15) is 11.8 Å². The van der Waals surface area contributed by atoms with Crippen LogP contribution in [0.3, 0.4) is 0 Å². The number of fused-ring (bicyclic) bond motifs is 1. The molecule has 2 atom stereocenters. The van der Waals surface area contributed by atoms with Crippen LogP contribution in [0.4, 0.5) is 0 Å². The number of nitrogens with one attached hydrogen (secondary N) is 1. The van der Waals surface area contributed by atoms with E-state index in [9.17, 15) is 0 Å². The first-order chi connectivity index (χ1) is 7.86. The van der Waals surface area contributed by atoms with E-state index in [0.29, 0.717) is 11.3 Å². The van der Waals surface area contributed by atoms with Gasteiger partial charge in [0, 0.05) is 5.56 Å². The second-order valence-corrected chi connectivity index (χ2v) is 5.39. The second kappa shape index (κ2) is 5.60. The number of benzene rings is 1. The molecule has 0 saturated heterocycles. The molecule has 1 N–H and O–H groups in total. The Balaban J connectivity index is 2.24.